The van der Waals surface area contributed by atoms with Gasteiger partial charge in [-0.05, 0) is 61.6 Å². The number of fused-ring (bicyclic) bond motifs is 1. The number of pyridine rings is 1. The van der Waals surface area contributed by atoms with Crippen molar-refractivity contribution >= 4 is 47.0 Å². The Labute approximate surface area is 351 Å². The number of nitrogens with zero attached hydrogens (tertiary/aromatic N) is 5. The van der Waals surface area contributed by atoms with Crippen LogP contribution in [-0.2, 0) is 32.1 Å². The number of unbranched alkanes of at least 4 members (excludes halogenated alkanes) is 1. The minimum atomic E-state index is -4.81. The van der Waals surface area contributed by atoms with Gasteiger partial charge in [0, 0.05) is 56.7 Å². The van der Waals surface area contributed by atoms with E-state index in [0.717, 1.165) is 17.0 Å². The van der Waals surface area contributed by atoms with Crippen LogP contribution in [0.25, 0.3) is 11.3 Å². The van der Waals surface area contributed by atoms with Crippen molar-refractivity contribution in [2.75, 3.05) is 38.6 Å². The lowest BCUT2D eigenvalue weighted by molar-refractivity contribution is -0.274. The SMILES string of the molecule is CN(CCCOc1ncc(-c2cn(CCCCNC(=O)CNc3cccc4c3C(=O)N(C3CCC(=O)NC3=O)C4=O)cn2)cc1C(N)=O)C(=O)Cc1ccc(OC(F)(F)F)cc1. The number of nitrogens with two attached hydrogens (primary N) is 1. The lowest BCUT2D eigenvalue weighted by Crippen LogP contribution is -2.54. The highest BCUT2D eigenvalue weighted by molar-refractivity contribution is 6.25. The summed E-state index contributed by atoms with van der Waals surface area (Å²) in [6.07, 6.45) is 1.74. The predicted molar refractivity (Wildman–Crippen MR) is 212 cm³/mol. The molecule has 5 N–H and O–H groups in total. The Balaban J connectivity index is 0.904. The Kier molecular flexibility index (Phi) is 13.8. The molecule has 0 radical (unpaired) electrons. The molecular formula is C41H42F3N9O9. The van der Waals surface area contributed by atoms with Crippen LogP contribution >= 0.6 is 0 Å². The van der Waals surface area contributed by atoms with Crippen molar-refractivity contribution in [2.45, 2.75) is 57.5 Å². The van der Waals surface area contributed by atoms with Crippen LogP contribution in [0.15, 0.2) is 67.3 Å². The molecule has 62 heavy (non-hydrogen) atoms. The van der Waals surface area contributed by atoms with Crippen LogP contribution in [0.5, 0.6) is 11.6 Å². The number of benzene rings is 2. The first-order valence-electron chi connectivity index (χ1n) is 19.5. The highest BCUT2D eigenvalue weighted by Gasteiger charge is 2.45. The minimum Gasteiger partial charge on any atom is -0.477 e. The molecule has 4 aromatic rings. The molecule has 18 nitrogen and oxygen atoms in total. The van der Waals surface area contributed by atoms with E-state index in [1.165, 1.54) is 35.4 Å². The van der Waals surface area contributed by atoms with E-state index < -0.39 is 41.9 Å². The first-order valence-corrected chi connectivity index (χ1v) is 19.5. The van der Waals surface area contributed by atoms with Crippen molar-refractivity contribution in [3.8, 4) is 22.9 Å². The van der Waals surface area contributed by atoms with Crippen LogP contribution in [0.2, 0.25) is 0 Å². The number of hydrogen-bond donors (Lipinski definition) is 4. The van der Waals surface area contributed by atoms with Crippen LogP contribution in [0.1, 0.15) is 68.7 Å². The lowest BCUT2D eigenvalue weighted by atomic mass is 10.0. The third-order valence-electron chi connectivity index (χ3n) is 9.93. The monoisotopic (exact) mass is 861 g/mol. The molecule has 6 rings (SSSR count). The van der Waals surface area contributed by atoms with Crippen molar-refractivity contribution in [3.63, 3.8) is 0 Å². The van der Waals surface area contributed by atoms with Crippen molar-refractivity contribution in [2.24, 2.45) is 5.73 Å². The van der Waals surface area contributed by atoms with Gasteiger partial charge >= 0.3 is 6.36 Å². The number of primary amides is 1. The summed E-state index contributed by atoms with van der Waals surface area (Å²) < 4.78 is 48.6. The fourth-order valence-electron chi connectivity index (χ4n) is 6.78. The topological polar surface area (TPSA) is 237 Å². The number of aryl methyl sites for hydroxylation is 1. The van der Waals surface area contributed by atoms with Gasteiger partial charge in [-0.25, -0.2) is 9.97 Å². The molecule has 2 aliphatic rings. The number of likely N-dealkylation sites (N-methyl/N-ethyl adjacent to an activating group) is 1. The van der Waals surface area contributed by atoms with E-state index in [-0.39, 0.29) is 84.8 Å². The Morgan fingerprint density at radius 2 is 1.79 bits per heavy atom. The third-order valence-corrected chi connectivity index (χ3v) is 9.93. The van der Waals surface area contributed by atoms with Gasteiger partial charge in [0.25, 0.3) is 17.7 Å². The molecule has 2 aliphatic heterocycles. The Morgan fingerprint density at radius 3 is 2.52 bits per heavy atom. The number of ether oxygens (including phenoxy) is 2. The molecular weight excluding hydrogens is 819 g/mol. The lowest BCUT2D eigenvalue weighted by Gasteiger charge is -2.27. The third kappa shape index (κ3) is 11.1. The first-order chi connectivity index (χ1) is 29.6. The van der Waals surface area contributed by atoms with E-state index in [2.05, 4.69) is 30.7 Å². The van der Waals surface area contributed by atoms with E-state index in [1.54, 1.807) is 31.7 Å². The molecule has 21 heteroatoms. The van der Waals surface area contributed by atoms with Gasteiger partial charge in [-0.1, -0.05) is 18.2 Å². The molecule has 0 spiro atoms. The maximum Gasteiger partial charge on any atom is 0.573 e. The summed E-state index contributed by atoms with van der Waals surface area (Å²) in [5, 5.41) is 7.88. The molecule has 0 bridgehead atoms. The van der Waals surface area contributed by atoms with Crippen molar-refractivity contribution in [1.29, 1.82) is 0 Å². The number of halogens is 3. The number of imidazole rings is 1. The fourth-order valence-corrected chi connectivity index (χ4v) is 6.78. The summed E-state index contributed by atoms with van der Waals surface area (Å²) >= 11 is 0. The largest absolute Gasteiger partial charge is 0.573 e. The van der Waals surface area contributed by atoms with Gasteiger partial charge in [0.1, 0.15) is 17.4 Å². The quantitative estimate of drug-likeness (QED) is 0.0787. The number of rotatable bonds is 19. The fraction of sp³-hybridized carbons (Fsp3) is 0.341. The Hall–Kier alpha value is -7.32. The predicted octanol–water partition coefficient (Wildman–Crippen LogP) is 2.82. The number of aromatic nitrogens is 3. The van der Waals surface area contributed by atoms with Crippen molar-refractivity contribution < 1.29 is 56.2 Å². The number of alkyl halides is 3. The smallest absolute Gasteiger partial charge is 0.477 e. The number of nitrogens with one attached hydrogen (secondary N) is 3. The van der Waals surface area contributed by atoms with Gasteiger partial charge in [0.05, 0.1) is 42.7 Å². The Morgan fingerprint density at radius 1 is 1.02 bits per heavy atom. The maximum atomic E-state index is 13.3. The molecule has 1 unspecified atom stereocenters. The molecule has 1 fully saturated rings. The number of amides is 7. The van der Waals surface area contributed by atoms with Crippen LogP contribution in [-0.4, -0.2) is 111 Å². The average Bonchev–Trinajstić information content (AvgIpc) is 3.80. The molecule has 2 aromatic carbocycles. The first kappa shape index (κ1) is 44.2. The van der Waals surface area contributed by atoms with Gasteiger partial charge in [0.2, 0.25) is 29.5 Å². The van der Waals surface area contributed by atoms with Crippen LogP contribution in [0, 0.1) is 0 Å². The van der Waals surface area contributed by atoms with Crippen LogP contribution in [0.3, 0.4) is 0 Å². The van der Waals surface area contributed by atoms with Crippen LogP contribution < -0.4 is 31.2 Å². The van der Waals surface area contributed by atoms with E-state index in [1.807, 2.05) is 4.57 Å². The number of hydrogen-bond acceptors (Lipinski definition) is 12. The summed E-state index contributed by atoms with van der Waals surface area (Å²) in [6, 6.07) is 10.1. The summed E-state index contributed by atoms with van der Waals surface area (Å²) in [5.41, 5.74) is 7.65. The highest BCUT2D eigenvalue weighted by atomic mass is 19.4. The normalized spacial score (nSPS) is 14.9. The van der Waals surface area contributed by atoms with E-state index in [4.69, 9.17) is 10.5 Å². The van der Waals surface area contributed by atoms with Gasteiger partial charge < -0.3 is 35.3 Å². The van der Waals surface area contributed by atoms with Gasteiger partial charge in [-0.3, -0.25) is 43.8 Å². The van der Waals surface area contributed by atoms with E-state index in [0.29, 0.717) is 49.2 Å². The van der Waals surface area contributed by atoms with Crippen molar-refractivity contribution in [1.82, 2.24) is 35.0 Å². The number of anilines is 1. The molecule has 2 aromatic heterocycles. The standard InChI is InChI=1S/C41H42F3N9O9/c1-51(34(56)18-24-8-10-26(11-9-24)62-41(42,43)44)15-5-17-61-38-28(36(45)57)19-25(20-48-38)30-22-52(23-49-30)16-3-2-14-46-33(55)21-47-29-7-4-6-27-35(29)40(60)53(39(27)59)31-12-13-32(54)50-37(31)58/h4,6-11,19-20,22-23,31,47H,2-3,5,12-18,21H2,1H3,(H2,45,57)(H,46,55)(H,50,54,58). The molecule has 7 amide bonds. The second kappa shape index (κ2) is 19.4. The zero-order valence-electron chi connectivity index (χ0n) is 33.3. The summed E-state index contributed by atoms with van der Waals surface area (Å²) in [7, 11) is 1.58. The number of carbonyl (C=O) groups is 7. The Bertz CT molecular complexity index is 2370. The summed E-state index contributed by atoms with van der Waals surface area (Å²) in [5.74, 6) is -4.25. The van der Waals surface area contributed by atoms with Gasteiger partial charge in [0.15, 0.2) is 0 Å². The zero-order chi connectivity index (χ0) is 44.6. The molecule has 4 heterocycles. The second-order valence-electron chi connectivity index (χ2n) is 14.4. The van der Waals surface area contributed by atoms with Crippen LogP contribution in [0.4, 0.5) is 18.9 Å². The minimum absolute atomic E-state index is 0.000679. The second-order valence-corrected chi connectivity index (χ2v) is 14.4. The van der Waals surface area contributed by atoms with E-state index >= 15 is 0 Å². The number of piperidine rings is 1. The zero-order valence-corrected chi connectivity index (χ0v) is 33.3. The molecule has 1 saturated heterocycles. The molecule has 1 atom stereocenters. The van der Waals surface area contributed by atoms with Crippen molar-refractivity contribution in [3.05, 3.63) is 89.5 Å². The highest BCUT2D eigenvalue weighted by Crippen LogP contribution is 2.32. The van der Waals surface area contributed by atoms with Gasteiger partial charge in [-0.15, -0.1) is 13.2 Å². The van der Waals surface area contributed by atoms with E-state index in [9.17, 15) is 46.7 Å². The number of imide groups is 2. The summed E-state index contributed by atoms with van der Waals surface area (Å²) in [6.45, 7) is 1.13. The maximum absolute atomic E-state index is 13.3. The number of carbonyl (C=O) groups excluding carboxylic acids is 7. The molecule has 0 aliphatic carbocycles. The molecule has 0 saturated carbocycles. The summed E-state index contributed by atoms with van der Waals surface area (Å²) in [4.78, 5) is 98.8. The molecule has 326 valence electrons. The van der Waals surface area contributed by atoms with Gasteiger partial charge in [-0.2, -0.15) is 0 Å². The average molecular weight is 862 g/mol.